The number of carbonyl (C=O) groups excluding carboxylic acids is 1. The van der Waals surface area contributed by atoms with Crippen molar-refractivity contribution in [1.29, 1.82) is 0 Å². The molecule has 1 saturated heterocycles. The lowest BCUT2D eigenvalue weighted by Gasteiger charge is -2.31. The van der Waals surface area contributed by atoms with Gasteiger partial charge in [0.2, 0.25) is 0 Å². The van der Waals surface area contributed by atoms with Gasteiger partial charge in [0.05, 0.1) is 17.5 Å². The Bertz CT molecular complexity index is 1370. The van der Waals surface area contributed by atoms with Crippen LogP contribution >= 0.6 is 0 Å². The molecule has 2 aromatic carbocycles. The number of amides is 1. The van der Waals surface area contributed by atoms with Crippen molar-refractivity contribution >= 4 is 15.7 Å². The van der Waals surface area contributed by atoms with Crippen molar-refractivity contribution in [2.75, 3.05) is 11.5 Å². The van der Waals surface area contributed by atoms with Crippen molar-refractivity contribution < 1.29 is 22.7 Å². The van der Waals surface area contributed by atoms with Gasteiger partial charge in [0.1, 0.15) is 23.0 Å². The maximum Gasteiger partial charge on any atom is 0.273 e. The normalized spacial score (nSPS) is 21.8. The molecule has 1 fully saturated rings. The van der Waals surface area contributed by atoms with E-state index in [1.165, 1.54) is 11.0 Å². The number of fused-ring (bicyclic) bond motifs is 1. The Kier molecular flexibility index (Phi) is 4.63. The summed E-state index contributed by atoms with van der Waals surface area (Å²) in [5.74, 6) is -1.09. The topological polar surface area (TPSA) is 103 Å². The maximum atomic E-state index is 15.0. The molecule has 2 atom stereocenters. The number of aryl methyl sites for hydroxylation is 2. The van der Waals surface area contributed by atoms with Crippen LogP contribution in [0.3, 0.4) is 0 Å². The fraction of sp³-hybridized carbons (Fsp3) is 0.304. The third-order valence-electron chi connectivity index (χ3n) is 6.47. The average molecular weight is 456 g/mol. The van der Waals surface area contributed by atoms with Crippen molar-refractivity contribution in [3.8, 4) is 17.0 Å². The van der Waals surface area contributed by atoms with Gasteiger partial charge in [0.25, 0.3) is 5.91 Å². The van der Waals surface area contributed by atoms with Gasteiger partial charge in [-0.15, -0.1) is 0 Å². The second-order valence-electron chi connectivity index (χ2n) is 8.51. The number of phenols is 1. The van der Waals surface area contributed by atoms with E-state index in [4.69, 9.17) is 0 Å². The minimum absolute atomic E-state index is 0.00373. The zero-order valence-electron chi connectivity index (χ0n) is 17.6. The van der Waals surface area contributed by atoms with Crippen LogP contribution in [0.1, 0.15) is 45.2 Å². The lowest BCUT2D eigenvalue weighted by Crippen LogP contribution is -2.40. The predicted octanol–water partition coefficient (Wildman–Crippen LogP) is 3.27. The predicted molar refractivity (Wildman–Crippen MR) is 117 cm³/mol. The third kappa shape index (κ3) is 3.10. The van der Waals surface area contributed by atoms with Crippen LogP contribution in [-0.2, 0) is 9.84 Å². The standard InChI is InChI=1S/C23H22FN3O4S/c1-12-9-16(18(28)10-13(12)2)20-19-21(26-25-20)23(29)27(14-7-8-32(30,31)11-14)22(19)15-5-3-4-6-17(15)24/h3-6,9-10,14,22,28H,7-8,11H2,1-2H3,(H,25,26). The van der Waals surface area contributed by atoms with E-state index in [-0.39, 0.29) is 28.5 Å². The molecule has 7 nitrogen and oxygen atoms in total. The quantitative estimate of drug-likeness (QED) is 0.631. The number of aromatic nitrogens is 2. The molecule has 9 heteroatoms. The van der Waals surface area contributed by atoms with E-state index in [2.05, 4.69) is 10.2 Å². The van der Waals surface area contributed by atoms with E-state index in [1.54, 1.807) is 30.3 Å². The molecule has 2 unspecified atom stereocenters. The number of aromatic hydroxyl groups is 1. The summed E-state index contributed by atoms with van der Waals surface area (Å²) in [7, 11) is -3.28. The maximum absolute atomic E-state index is 15.0. The smallest absolute Gasteiger partial charge is 0.273 e. The fourth-order valence-corrected chi connectivity index (χ4v) is 6.45. The highest BCUT2D eigenvalue weighted by molar-refractivity contribution is 7.91. The Balaban J connectivity index is 1.73. The Morgan fingerprint density at radius 1 is 1.19 bits per heavy atom. The summed E-state index contributed by atoms with van der Waals surface area (Å²) in [6.07, 6.45) is 0.293. The summed E-state index contributed by atoms with van der Waals surface area (Å²) < 4.78 is 39.3. The fourth-order valence-electron chi connectivity index (χ4n) is 4.73. The second kappa shape index (κ2) is 7.16. The molecule has 2 aliphatic rings. The van der Waals surface area contributed by atoms with Crippen LogP contribution in [0.25, 0.3) is 11.3 Å². The number of nitrogens with zero attached hydrogens (tertiary/aromatic N) is 2. The molecule has 2 N–H and O–H groups in total. The van der Waals surface area contributed by atoms with E-state index in [9.17, 15) is 22.7 Å². The molecule has 0 spiro atoms. The number of sulfone groups is 1. The van der Waals surface area contributed by atoms with Crippen LogP contribution in [0.5, 0.6) is 5.75 Å². The van der Waals surface area contributed by atoms with Gasteiger partial charge < -0.3 is 10.0 Å². The van der Waals surface area contributed by atoms with E-state index < -0.39 is 33.6 Å². The van der Waals surface area contributed by atoms with Crippen LogP contribution in [-0.4, -0.2) is 52.1 Å². The van der Waals surface area contributed by atoms with Gasteiger partial charge >= 0.3 is 0 Å². The molecule has 2 aliphatic heterocycles. The van der Waals surface area contributed by atoms with E-state index in [1.807, 2.05) is 13.8 Å². The summed E-state index contributed by atoms with van der Waals surface area (Å²) in [4.78, 5) is 14.9. The molecular weight excluding hydrogens is 433 g/mol. The monoisotopic (exact) mass is 455 g/mol. The number of rotatable bonds is 3. The van der Waals surface area contributed by atoms with Crippen molar-refractivity contribution in [3.05, 3.63) is 70.2 Å². The number of carbonyl (C=O) groups is 1. The molecule has 0 bridgehead atoms. The first kappa shape index (κ1) is 20.7. The molecule has 1 aromatic heterocycles. The number of halogens is 1. The molecule has 0 saturated carbocycles. The summed E-state index contributed by atoms with van der Waals surface area (Å²) >= 11 is 0. The molecule has 5 rings (SSSR count). The SMILES string of the molecule is Cc1cc(O)c(-c2n[nH]c3c2C(c2ccccc2F)N(C2CCS(=O)(=O)C2)C3=O)cc1C. The van der Waals surface area contributed by atoms with Crippen molar-refractivity contribution in [3.63, 3.8) is 0 Å². The number of nitrogens with one attached hydrogen (secondary N) is 1. The van der Waals surface area contributed by atoms with Crippen LogP contribution in [0.15, 0.2) is 36.4 Å². The highest BCUT2D eigenvalue weighted by Crippen LogP contribution is 2.47. The Hall–Kier alpha value is -3.20. The lowest BCUT2D eigenvalue weighted by molar-refractivity contribution is 0.0675. The Morgan fingerprint density at radius 3 is 2.59 bits per heavy atom. The second-order valence-corrected chi connectivity index (χ2v) is 10.7. The van der Waals surface area contributed by atoms with Crippen molar-refractivity contribution in [1.82, 2.24) is 15.1 Å². The molecule has 0 aliphatic carbocycles. The number of phenolic OH excluding ortho intramolecular Hbond substituents is 1. The van der Waals surface area contributed by atoms with Crippen LogP contribution < -0.4 is 0 Å². The third-order valence-corrected chi connectivity index (χ3v) is 8.22. The van der Waals surface area contributed by atoms with Gasteiger partial charge in [-0.1, -0.05) is 18.2 Å². The van der Waals surface area contributed by atoms with Gasteiger partial charge in [-0.25, -0.2) is 12.8 Å². The number of hydrogen-bond acceptors (Lipinski definition) is 5. The van der Waals surface area contributed by atoms with Crippen LogP contribution in [0.4, 0.5) is 4.39 Å². The number of H-pyrrole nitrogens is 1. The average Bonchev–Trinajstić information content (AvgIpc) is 3.39. The molecule has 32 heavy (non-hydrogen) atoms. The molecule has 166 valence electrons. The minimum atomic E-state index is -3.28. The summed E-state index contributed by atoms with van der Waals surface area (Å²) in [6.45, 7) is 3.78. The highest BCUT2D eigenvalue weighted by atomic mass is 32.2. The van der Waals surface area contributed by atoms with Crippen molar-refractivity contribution in [2.24, 2.45) is 0 Å². The summed E-state index contributed by atoms with van der Waals surface area (Å²) in [5.41, 5.74) is 3.51. The minimum Gasteiger partial charge on any atom is -0.507 e. The van der Waals surface area contributed by atoms with Crippen LogP contribution in [0.2, 0.25) is 0 Å². The number of hydrogen-bond donors (Lipinski definition) is 2. The van der Waals surface area contributed by atoms with E-state index in [0.29, 0.717) is 23.2 Å². The van der Waals surface area contributed by atoms with Gasteiger partial charge in [-0.2, -0.15) is 5.10 Å². The zero-order valence-corrected chi connectivity index (χ0v) is 18.4. The lowest BCUT2D eigenvalue weighted by atomic mass is 9.93. The van der Waals surface area contributed by atoms with Crippen molar-refractivity contribution in [2.45, 2.75) is 32.4 Å². The highest BCUT2D eigenvalue weighted by Gasteiger charge is 2.48. The first-order valence-electron chi connectivity index (χ1n) is 10.3. The molecular formula is C23H22FN3O4S. The van der Waals surface area contributed by atoms with Crippen LogP contribution in [0, 0.1) is 19.7 Å². The van der Waals surface area contributed by atoms with Gasteiger partial charge in [-0.3, -0.25) is 9.89 Å². The molecule has 3 aromatic rings. The van der Waals surface area contributed by atoms with Gasteiger partial charge in [0, 0.05) is 22.7 Å². The first-order chi connectivity index (χ1) is 15.2. The molecule has 0 radical (unpaired) electrons. The Labute approximate surface area is 184 Å². The molecule has 3 heterocycles. The van der Waals surface area contributed by atoms with Gasteiger partial charge in [0.15, 0.2) is 9.84 Å². The largest absolute Gasteiger partial charge is 0.507 e. The summed E-state index contributed by atoms with van der Waals surface area (Å²) in [5, 5.41) is 17.7. The summed E-state index contributed by atoms with van der Waals surface area (Å²) in [6, 6.07) is 8.13. The van der Waals surface area contributed by atoms with E-state index >= 15 is 0 Å². The molecule has 1 amide bonds. The Morgan fingerprint density at radius 2 is 1.91 bits per heavy atom. The zero-order chi connectivity index (χ0) is 22.8. The first-order valence-corrected chi connectivity index (χ1v) is 12.2. The van der Waals surface area contributed by atoms with E-state index in [0.717, 1.165) is 11.1 Å². The van der Waals surface area contributed by atoms with Gasteiger partial charge in [-0.05, 0) is 49.6 Å². The number of aromatic amines is 1. The number of benzene rings is 2.